The number of hydrogen-bond acceptors (Lipinski definition) is 8. The first kappa shape index (κ1) is 23.4. The summed E-state index contributed by atoms with van der Waals surface area (Å²) in [6, 6.07) is 13.6. The molecule has 2 heterocycles. The molecule has 0 saturated carbocycles. The predicted octanol–water partition coefficient (Wildman–Crippen LogP) is 1.83. The fourth-order valence-corrected chi connectivity index (χ4v) is 5.31. The number of carbonyl (C=O) groups excluding carboxylic acids is 1. The summed E-state index contributed by atoms with van der Waals surface area (Å²) in [6.07, 6.45) is 1.71. The van der Waals surface area contributed by atoms with Crippen LogP contribution in [0.3, 0.4) is 0 Å². The molecule has 0 saturated heterocycles. The number of amides is 1. The molecule has 13 heteroatoms. The van der Waals surface area contributed by atoms with Gasteiger partial charge in [-0.3, -0.25) is 9.10 Å². The molecule has 34 heavy (non-hydrogen) atoms. The Morgan fingerprint density at radius 1 is 1.03 bits per heavy atom. The quantitative estimate of drug-likeness (QED) is 0.496. The highest BCUT2D eigenvalue weighted by molar-refractivity contribution is 7.93. The van der Waals surface area contributed by atoms with E-state index in [0.29, 0.717) is 11.4 Å². The van der Waals surface area contributed by atoms with Crippen molar-refractivity contribution < 1.29 is 26.4 Å². The van der Waals surface area contributed by atoms with E-state index in [2.05, 4.69) is 20.0 Å². The van der Waals surface area contributed by atoms with Crippen molar-refractivity contribution in [2.45, 2.75) is 17.9 Å². The highest BCUT2D eigenvalue weighted by Gasteiger charge is 2.36. The van der Waals surface area contributed by atoms with E-state index in [1.807, 2.05) is 0 Å². The first-order valence-electron chi connectivity index (χ1n) is 10.2. The van der Waals surface area contributed by atoms with Crippen molar-refractivity contribution in [3.8, 4) is 5.75 Å². The number of nitrogens with zero attached hydrogens (tertiary/aromatic N) is 3. The van der Waals surface area contributed by atoms with Crippen LogP contribution in [-0.4, -0.2) is 51.1 Å². The maximum absolute atomic E-state index is 12.9. The highest BCUT2D eigenvalue weighted by Crippen LogP contribution is 2.35. The standard InChI is InChI=1S/C21H21N5O6S2/c1-2-33(28,29)26-14-19(32-18-7-4-3-6-17(18)26)20(27)24-15-8-10-16(11-9-15)34(30,31)25-21-22-12-5-13-23-21/h3-13,19H,2,14H2,1H3,(H,24,27)(H,22,23,25)/t19-/m1/s1. The van der Waals surface area contributed by atoms with Crippen molar-refractivity contribution >= 4 is 43.3 Å². The lowest BCUT2D eigenvalue weighted by Gasteiger charge is -2.34. The minimum absolute atomic E-state index is 0.0546. The van der Waals surface area contributed by atoms with Gasteiger partial charge in [-0.1, -0.05) is 12.1 Å². The van der Waals surface area contributed by atoms with Gasteiger partial charge in [0.05, 0.1) is 22.9 Å². The normalized spacial score (nSPS) is 15.7. The number of anilines is 3. The second-order valence-electron chi connectivity index (χ2n) is 7.20. The lowest BCUT2D eigenvalue weighted by atomic mass is 10.2. The average Bonchev–Trinajstić information content (AvgIpc) is 2.84. The zero-order valence-corrected chi connectivity index (χ0v) is 19.6. The third-order valence-electron chi connectivity index (χ3n) is 4.95. The van der Waals surface area contributed by atoms with Crippen LogP contribution in [-0.2, 0) is 24.8 Å². The third-order valence-corrected chi connectivity index (χ3v) is 8.04. The van der Waals surface area contributed by atoms with Gasteiger partial charge >= 0.3 is 0 Å². The van der Waals surface area contributed by atoms with Gasteiger partial charge < -0.3 is 10.1 Å². The molecular weight excluding hydrogens is 482 g/mol. The van der Waals surface area contributed by atoms with E-state index in [1.165, 1.54) is 47.9 Å². The van der Waals surface area contributed by atoms with Crippen LogP contribution in [0.15, 0.2) is 71.9 Å². The Balaban J connectivity index is 1.49. The van der Waals surface area contributed by atoms with Gasteiger partial charge in [0.2, 0.25) is 16.0 Å². The minimum Gasteiger partial charge on any atom is -0.476 e. The second kappa shape index (κ2) is 9.27. The van der Waals surface area contributed by atoms with Crippen LogP contribution in [0.1, 0.15) is 6.92 Å². The molecule has 0 fully saturated rings. The Morgan fingerprint density at radius 2 is 1.71 bits per heavy atom. The van der Waals surface area contributed by atoms with Crippen LogP contribution in [0.4, 0.5) is 17.3 Å². The topological polar surface area (TPSA) is 148 Å². The molecule has 178 valence electrons. The Hall–Kier alpha value is -3.71. The summed E-state index contributed by atoms with van der Waals surface area (Å²) in [5.74, 6) is -0.492. The second-order valence-corrected chi connectivity index (χ2v) is 11.1. The van der Waals surface area contributed by atoms with Crippen LogP contribution in [0.2, 0.25) is 0 Å². The molecule has 2 aromatic carbocycles. The number of nitrogens with one attached hydrogen (secondary N) is 2. The van der Waals surface area contributed by atoms with Crippen LogP contribution >= 0.6 is 0 Å². The summed E-state index contributed by atoms with van der Waals surface area (Å²) in [5.41, 5.74) is 0.685. The zero-order chi connectivity index (χ0) is 24.3. The molecule has 0 radical (unpaired) electrons. The number of sulfonamides is 2. The Bertz CT molecular complexity index is 1400. The molecule has 11 nitrogen and oxygen atoms in total. The third kappa shape index (κ3) is 4.94. The Labute approximate surface area is 196 Å². The highest BCUT2D eigenvalue weighted by atomic mass is 32.2. The van der Waals surface area contributed by atoms with Gasteiger partial charge in [-0.05, 0) is 49.4 Å². The Morgan fingerprint density at radius 3 is 2.38 bits per heavy atom. The fourth-order valence-electron chi connectivity index (χ4n) is 3.23. The van der Waals surface area contributed by atoms with E-state index in [-0.39, 0.29) is 28.9 Å². The van der Waals surface area contributed by atoms with E-state index in [1.54, 1.807) is 30.3 Å². The van der Waals surface area contributed by atoms with Crippen molar-refractivity contribution in [1.82, 2.24) is 9.97 Å². The lowest BCUT2D eigenvalue weighted by Crippen LogP contribution is -2.49. The SMILES string of the molecule is CCS(=O)(=O)N1C[C@H](C(=O)Nc2ccc(S(=O)(=O)Nc3ncccn3)cc2)Oc2ccccc21. The smallest absolute Gasteiger partial charge is 0.267 e. The van der Waals surface area contributed by atoms with Crippen molar-refractivity contribution in [1.29, 1.82) is 0 Å². The summed E-state index contributed by atoms with van der Waals surface area (Å²) in [7, 11) is -7.56. The van der Waals surface area contributed by atoms with E-state index < -0.39 is 32.1 Å². The maximum atomic E-state index is 12.9. The van der Waals surface area contributed by atoms with E-state index in [0.717, 1.165) is 0 Å². The first-order valence-corrected chi connectivity index (χ1v) is 13.3. The molecule has 4 rings (SSSR count). The molecule has 3 aromatic rings. The molecule has 1 atom stereocenters. The molecule has 1 aliphatic rings. The number of carbonyl (C=O) groups is 1. The number of hydrogen-bond donors (Lipinski definition) is 2. The molecule has 0 bridgehead atoms. The van der Waals surface area contributed by atoms with E-state index in [4.69, 9.17) is 4.74 Å². The molecule has 0 unspecified atom stereocenters. The molecule has 0 spiro atoms. The molecule has 0 aliphatic carbocycles. The molecule has 1 amide bonds. The van der Waals surface area contributed by atoms with Gasteiger partial charge in [0.1, 0.15) is 5.75 Å². The lowest BCUT2D eigenvalue weighted by molar-refractivity contribution is -0.122. The monoisotopic (exact) mass is 503 g/mol. The number of aromatic nitrogens is 2. The number of ether oxygens (including phenoxy) is 1. The van der Waals surface area contributed by atoms with Crippen LogP contribution in [0.5, 0.6) is 5.75 Å². The number of benzene rings is 2. The number of rotatable bonds is 7. The van der Waals surface area contributed by atoms with Crippen LogP contribution < -0.4 is 19.1 Å². The van der Waals surface area contributed by atoms with Gasteiger partial charge in [-0.25, -0.2) is 31.5 Å². The van der Waals surface area contributed by atoms with Gasteiger partial charge in [-0.2, -0.15) is 0 Å². The summed E-state index contributed by atoms with van der Waals surface area (Å²) in [6.45, 7) is 1.34. The zero-order valence-electron chi connectivity index (χ0n) is 18.0. The molecule has 1 aromatic heterocycles. The number of para-hydroxylation sites is 2. The van der Waals surface area contributed by atoms with Gasteiger partial charge in [-0.15, -0.1) is 0 Å². The summed E-state index contributed by atoms with van der Waals surface area (Å²) in [5, 5.41) is 2.64. The van der Waals surface area contributed by atoms with Crippen molar-refractivity contribution in [2.75, 3.05) is 26.6 Å². The summed E-state index contributed by atoms with van der Waals surface area (Å²) < 4.78 is 59.3. The average molecular weight is 504 g/mol. The van der Waals surface area contributed by atoms with Crippen molar-refractivity contribution in [2.24, 2.45) is 0 Å². The molecule has 1 aliphatic heterocycles. The summed E-state index contributed by atoms with van der Waals surface area (Å²) in [4.78, 5) is 20.5. The largest absolute Gasteiger partial charge is 0.476 e. The maximum Gasteiger partial charge on any atom is 0.267 e. The van der Waals surface area contributed by atoms with E-state index >= 15 is 0 Å². The van der Waals surface area contributed by atoms with Crippen LogP contribution in [0, 0.1) is 0 Å². The Kier molecular flexibility index (Phi) is 6.39. The molecular formula is C21H21N5O6S2. The van der Waals surface area contributed by atoms with Gasteiger partial charge in [0.15, 0.2) is 6.10 Å². The fraction of sp³-hybridized carbons (Fsp3) is 0.190. The van der Waals surface area contributed by atoms with Crippen LogP contribution in [0.25, 0.3) is 0 Å². The number of fused-ring (bicyclic) bond motifs is 1. The van der Waals surface area contributed by atoms with Gasteiger partial charge in [0, 0.05) is 18.1 Å². The van der Waals surface area contributed by atoms with E-state index in [9.17, 15) is 21.6 Å². The minimum atomic E-state index is -3.92. The molecule has 2 N–H and O–H groups in total. The van der Waals surface area contributed by atoms with Gasteiger partial charge in [0.25, 0.3) is 15.9 Å². The first-order chi connectivity index (χ1) is 16.2. The summed E-state index contributed by atoms with van der Waals surface area (Å²) >= 11 is 0. The van der Waals surface area contributed by atoms with Crippen molar-refractivity contribution in [3.63, 3.8) is 0 Å². The van der Waals surface area contributed by atoms with Crippen molar-refractivity contribution in [3.05, 3.63) is 67.0 Å². The predicted molar refractivity (Wildman–Crippen MR) is 126 cm³/mol.